The van der Waals surface area contributed by atoms with E-state index in [0.717, 1.165) is 20.6 Å². The standard InChI is InChI=1S/C17H25IN6/c1-22-8-10-23(11-9-22)12-2-4-13(5-3-12)24-14-6-7-20-17(19)15(14)16(18)21-24/h6-7,12-13H,2-5,8-11H2,1H3,(H2,19,20). The molecule has 0 atom stereocenters. The van der Waals surface area contributed by atoms with E-state index in [1.807, 2.05) is 6.07 Å². The Hall–Kier alpha value is -0.930. The number of aromatic nitrogens is 3. The molecule has 4 rings (SSSR count). The molecule has 2 aliphatic rings. The van der Waals surface area contributed by atoms with E-state index in [0.29, 0.717) is 11.9 Å². The number of nitrogen functional groups attached to an aromatic ring is 1. The van der Waals surface area contributed by atoms with Crippen LogP contribution >= 0.6 is 22.6 Å². The van der Waals surface area contributed by atoms with Crippen molar-refractivity contribution in [2.24, 2.45) is 0 Å². The number of nitrogens with two attached hydrogens (primary N) is 1. The quantitative estimate of drug-likeness (QED) is 0.727. The summed E-state index contributed by atoms with van der Waals surface area (Å²) >= 11 is 2.28. The lowest BCUT2D eigenvalue weighted by molar-refractivity contribution is 0.0815. The maximum absolute atomic E-state index is 6.05. The van der Waals surface area contributed by atoms with E-state index in [2.05, 4.69) is 49.1 Å². The molecule has 7 heteroatoms. The molecule has 130 valence electrons. The van der Waals surface area contributed by atoms with Crippen LogP contribution in [0, 0.1) is 3.70 Å². The van der Waals surface area contributed by atoms with Gasteiger partial charge in [0.2, 0.25) is 0 Å². The summed E-state index contributed by atoms with van der Waals surface area (Å²) in [6.07, 6.45) is 6.74. The molecule has 1 saturated carbocycles. The first-order valence-corrected chi connectivity index (χ1v) is 9.92. The maximum Gasteiger partial charge on any atom is 0.135 e. The van der Waals surface area contributed by atoms with Crippen LogP contribution in [0.5, 0.6) is 0 Å². The van der Waals surface area contributed by atoms with E-state index in [4.69, 9.17) is 10.8 Å². The molecule has 3 heterocycles. The van der Waals surface area contributed by atoms with Gasteiger partial charge < -0.3 is 10.6 Å². The number of likely N-dealkylation sites (N-methyl/N-ethyl adjacent to an activating group) is 1. The minimum atomic E-state index is 0.488. The number of hydrogen-bond acceptors (Lipinski definition) is 5. The number of piperazine rings is 1. The molecule has 2 aromatic heterocycles. The predicted molar refractivity (Wildman–Crippen MR) is 105 cm³/mol. The second-order valence-corrected chi connectivity index (χ2v) is 8.15. The normalized spacial score (nSPS) is 26.9. The van der Waals surface area contributed by atoms with E-state index >= 15 is 0 Å². The van der Waals surface area contributed by atoms with E-state index in [1.54, 1.807) is 6.20 Å². The number of hydrogen-bond donors (Lipinski definition) is 1. The van der Waals surface area contributed by atoms with Crippen LogP contribution in [0.3, 0.4) is 0 Å². The first-order chi connectivity index (χ1) is 11.6. The van der Waals surface area contributed by atoms with Gasteiger partial charge in [-0.25, -0.2) is 4.98 Å². The first kappa shape index (κ1) is 16.5. The Balaban J connectivity index is 1.47. The van der Waals surface area contributed by atoms with Crippen LogP contribution in [0.1, 0.15) is 31.7 Å². The summed E-state index contributed by atoms with van der Waals surface area (Å²) in [4.78, 5) is 9.34. The van der Waals surface area contributed by atoms with Gasteiger partial charge in [0.25, 0.3) is 0 Å². The van der Waals surface area contributed by atoms with Crippen LogP contribution < -0.4 is 5.73 Å². The third kappa shape index (κ3) is 3.01. The highest BCUT2D eigenvalue weighted by Gasteiger charge is 2.29. The van der Waals surface area contributed by atoms with Gasteiger partial charge in [-0.05, 0) is 61.4 Å². The molecule has 1 saturated heterocycles. The predicted octanol–water partition coefficient (Wildman–Crippen LogP) is 2.35. The van der Waals surface area contributed by atoms with Gasteiger partial charge in [0.15, 0.2) is 0 Å². The average molecular weight is 440 g/mol. The minimum Gasteiger partial charge on any atom is -0.383 e. The van der Waals surface area contributed by atoms with Gasteiger partial charge in [-0.15, -0.1) is 0 Å². The molecule has 1 aliphatic carbocycles. The molecule has 0 aromatic carbocycles. The van der Waals surface area contributed by atoms with Crippen LogP contribution in [0.4, 0.5) is 5.82 Å². The molecular formula is C17H25IN6. The summed E-state index contributed by atoms with van der Waals surface area (Å²) in [7, 11) is 2.22. The van der Waals surface area contributed by atoms with Crippen LogP contribution in [0.25, 0.3) is 10.9 Å². The lowest BCUT2D eigenvalue weighted by Gasteiger charge is -2.41. The summed E-state index contributed by atoms with van der Waals surface area (Å²) in [6, 6.07) is 3.29. The molecule has 2 aromatic rings. The van der Waals surface area contributed by atoms with Crippen molar-refractivity contribution in [1.82, 2.24) is 24.6 Å². The molecule has 24 heavy (non-hydrogen) atoms. The Morgan fingerprint density at radius 1 is 1.08 bits per heavy atom. The average Bonchev–Trinajstić information content (AvgIpc) is 2.94. The van der Waals surface area contributed by atoms with Gasteiger partial charge in [0.05, 0.1) is 16.9 Å². The SMILES string of the molecule is CN1CCN(C2CCC(n3nc(I)c4c(N)nccc43)CC2)CC1. The van der Waals surface area contributed by atoms with Crippen molar-refractivity contribution in [3.63, 3.8) is 0 Å². The number of rotatable bonds is 2. The van der Waals surface area contributed by atoms with E-state index < -0.39 is 0 Å². The Bertz CT molecular complexity index is 713. The van der Waals surface area contributed by atoms with Crippen LogP contribution in [0.2, 0.25) is 0 Å². The van der Waals surface area contributed by atoms with Crippen LogP contribution in [-0.4, -0.2) is 63.8 Å². The smallest absolute Gasteiger partial charge is 0.135 e. The summed E-state index contributed by atoms with van der Waals surface area (Å²) in [5, 5.41) is 5.80. The lowest BCUT2D eigenvalue weighted by atomic mass is 9.89. The Morgan fingerprint density at radius 2 is 1.75 bits per heavy atom. The monoisotopic (exact) mass is 440 g/mol. The fourth-order valence-electron chi connectivity index (χ4n) is 4.20. The number of fused-ring (bicyclic) bond motifs is 1. The third-order valence-corrected chi connectivity index (χ3v) is 6.43. The topological polar surface area (TPSA) is 63.2 Å². The Morgan fingerprint density at radius 3 is 2.46 bits per heavy atom. The van der Waals surface area contributed by atoms with Gasteiger partial charge in [0.1, 0.15) is 9.52 Å². The van der Waals surface area contributed by atoms with Crippen molar-refractivity contribution in [3.8, 4) is 0 Å². The molecule has 0 bridgehead atoms. The van der Waals surface area contributed by atoms with Gasteiger partial charge in [0, 0.05) is 38.4 Å². The van der Waals surface area contributed by atoms with E-state index in [1.165, 1.54) is 51.9 Å². The molecule has 0 spiro atoms. The first-order valence-electron chi connectivity index (χ1n) is 8.84. The van der Waals surface area contributed by atoms with Crippen molar-refractivity contribution in [3.05, 3.63) is 16.0 Å². The number of anilines is 1. The number of pyridine rings is 1. The maximum atomic E-state index is 6.05. The molecular weight excluding hydrogens is 415 g/mol. The Kier molecular flexibility index (Phi) is 4.66. The third-order valence-electron chi connectivity index (χ3n) is 5.67. The summed E-state index contributed by atoms with van der Waals surface area (Å²) in [5.74, 6) is 0.592. The molecule has 0 unspecified atom stereocenters. The van der Waals surface area contributed by atoms with Crippen molar-refractivity contribution < 1.29 is 0 Å². The van der Waals surface area contributed by atoms with Crippen molar-refractivity contribution in [2.45, 2.75) is 37.8 Å². The van der Waals surface area contributed by atoms with E-state index in [-0.39, 0.29) is 0 Å². The van der Waals surface area contributed by atoms with E-state index in [9.17, 15) is 0 Å². The van der Waals surface area contributed by atoms with Crippen molar-refractivity contribution in [2.75, 3.05) is 39.0 Å². The van der Waals surface area contributed by atoms with Crippen molar-refractivity contribution >= 4 is 39.3 Å². The second kappa shape index (κ2) is 6.76. The highest BCUT2D eigenvalue weighted by atomic mass is 127. The summed E-state index contributed by atoms with van der Waals surface area (Å²) in [6.45, 7) is 4.84. The van der Waals surface area contributed by atoms with Crippen LogP contribution in [-0.2, 0) is 0 Å². The zero-order valence-corrected chi connectivity index (χ0v) is 16.3. The van der Waals surface area contributed by atoms with Crippen LogP contribution in [0.15, 0.2) is 12.3 Å². The molecule has 2 N–H and O–H groups in total. The fourth-order valence-corrected chi connectivity index (χ4v) is 4.99. The van der Waals surface area contributed by atoms with Gasteiger partial charge in [-0.1, -0.05) is 0 Å². The van der Waals surface area contributed by atoms with Crippen molar-refractivity contribution in [1.29, 1.82) is 0 Å². The Labute approximate surface area is 156 Å². The minimum absolute atomic E-state index is 0.488. The van der Waals surface area contributed by atoms with Gasteiger partial charge in [-0.2, -0.15) is 5.10 Å². The lowest BCUT2D eigenvalue weighted by Crippen LogP contribution is -2.49. The molecule has 6 nitrogen and oxygen atoms in total. The molecule has 0 radical (unpaired) electrons. The number of nitrogens with zero attached hydrogens (tertiary/aromatic N) is 5. The number of halogens is 1. The fraction of sp³-hybridized carbons (Fsp3) is 0.647. The zero-order valence-electron chi connectivity index (χ0n) is 14.2. The van der Waals surface area contributed by atoms with Gasteiger partial charge in [-0.3, -0.25) is 9.58 Å². The zero-order chi connectivity index (χ0) is 16.7. The largest absolute Gasteiger partial charge is 0.383 e. The second-order valence-electron chi connectivity index (χ2n) is 7.13. The summed E-state index contributed by atoms with van der Waals surface area (Å²) < 4.78 is 3.17. The van der Waals surface area contributed by atoms with Gasteiger partial charge >= 0.3 is 0 Å². The highest BCUT2D eigenvalue weighted by molar-refractivity contribution is 14.1. The molecule has 2 fully saturated rings. The highest BCUT2D eigenvalue weighted by Crippen LogP contribution is 2.35. The molecule has 1 aliphatic heterocycles. The molecule has 0 amide bonds. The summed E-state index contributed by atoms with van der Waals surface area (Å²) in [5.41, 5.74) is 7.19.